The number of hydrogen-bond acceptors (Lipinski definition) is 24. The van der Waals surface area contributed by atoms with Gasteiger partial charge in [-0.3, -0.25) is 0 Å². The van der Waals surface area contributed by atoms with E-state index in [1.807, 2.05) is 18.2 Å². The minimum atomic E-state index is -0.951. The lowest BCUT2D eigenvalue weighted by atomic mass is 10.1. The lowest BCUT2D eigenvalue weighted by Gasteiger charge is -2.16. The number of rotatable bonds is 52. The number of carbonyl (C=O) groups excluding carboxylic acids is 3. The molecule has 24 nitrogen and oxygen atoms in total. The summed E-state index contributed by atoms with van der Waals surface area (Å²) in [6.07, 6.45) is 23.9. The third-order valence-electron chi connectivity index (χ3n) is 18.7. The van der Waals surface area contributed by atoms with Gasteiger partial charge in [0.15, 0.2) is 53.3 Å². The molecule has 24 heteroatoms. The minimum absolute atomic E-state index is 0. The molecule has 0 aliphatic rings. The molecule has 8 rings (SSSR count). The van der Waals surface area contributed by atoms with E-state index in [1.165, 1.54) is 55.7 Å². The Hall–Kier alpha value is -10.7. The van der Waals surface area contributed by atoms with Crippen molar-refractivity contribution in [1.29, 1.82) is 0 Å². The van der Waals surface area contributed by atoms with Gasteiger partial charge < -0.3 is 72.9 Å². The van der Waals surface area contributed by atoms with Crippen molar-refractivity contribution < 1.29 is 87.3 Å². The Kier molecular flexibility index (Phi) is 44.4. The van der Waals surface area contributed by atoms with Crippen molar-refractivity contribution in [1.82, 2.24) is 29.9 Å². The first-order valence-corrected chi connectivity index (χ1v) is 41.7. The zero-order chi connectivity index (χ0) is 82.7. The third-order valence-corrected chi connectivity index (χ3v) is 18.7. The maximum atomic E-state index is 12.7. The van der Waals surface area contributed by atoms with Gasteiger partial charge in [-0.25, -0.2) is 44.3 Å². The molecule has 0 radical (unpaired) electrons. The molecule has 0 saturated carbocycles. The fourth-order valence-electron chi connectivity index (χ4n) is 11.9. The highest BCUT2D eigenvalue weighted by atomic mass is 16.6. The van der Waals surface area contributed by atoms with Crippen molar-refractivity contribution >= 4 is 17.9 Å². The first kappa shape index (κ1) is 96.9. The number of aromatic nitrogens is 6. The van der Waals surface area contributed by atoms with E-state index >= 15 is 0 Å². The molecule has 0 aliphatic carbocycles. The molecule has 8 aromatic rings. The summed E-state index contributed by atoms with van der Waals surface area (Å²) in [6, 6.07) is 28.9. The van der Waals surface area contributed by atoms with Crippen LogP contribution in [0.3, 0.4) is 0 Å². The minimum Gasteiger partial charge on any atom is -0.507 e. The second-order valence-corrected chi connectivity index (χ2v) is 28.6. The number of nitrogens with zero attached hydrogens (tertiary/aromatic N) is 6. The Morgan fingerprint density at radius 2 is 0.479 bits per heavy atom. The van der Waals surface area contributed by atoms with Crippen LogP contribution in [0.4, 0.5) is 0 Å². The highest BCUT2D eigenvalue weighted by molar-refractivity contribution is 5.79. The summed E-state index contributed by atoms with van der Waals surface area (Å²) in [7, 11) is 0. The van der Waals surface area contributed by atoms with Gasteiger partial charge >= 0.3 is 17.9 Å². The average Bonchev–Trinajstić information content (AvgIpc) is 0.783. The normalized spacial score (nSPS) is 11.6. The molecule has 0 aliphatic heterocycles. The average molecular weight is 1620 g/mol. The van der Waals surface area contributed by atoms with Crippen molar-refractivity contribution in [3.05, 3.63) is 109 Å². The highest BCUT2D eigenvalue weighted by Crippen LogP contribution is 2.42. The number of phenols is 5. The molecule has 0 spiro atoms. The number of unbranched alkanes of at least 4 members (excludes halogenated alkanes) is 19. The second kappa shape index (κ2) is 53.6. The smallest absolute Gasteiger partial charge is 0.347 e. The van der Waals surface area contributed by atoms with Crippen LogP contribution in [-0.2, 0) is 28.6 Å². The van der Waals surface area contributed by atoms with E-state index in [-0.39, 0.29) is 107 Å². The fraction of sp³-hybridized carbons (Fsp3) is 0.516. The van der Waals surface area contributed by atoms with Crippen LogP contribution >= 0.6 is 0 Å². The molecule has 2 aromatic heterocycles. The maximum Gasteiger partial charge on any atom is 0.347 e. The van der Waals surface area contributed by atoms with E-state index in [9.17, 15) is 39.9 Å². The van der Waals surface area contributed by atoms with Crippen molar-refractivity contribution in [2.24, 2.45) is 0 Å². The summed E-state index contributed by atoms with van der Waals surface area (Å²) in [6.45, 7) is 22.7. The standard InChI is InChI=1S/C54H75N3O12.C37H47N3O6.2CH4/c1-7-10-13-16-19-22-31-64-52(61)37(4)67-40-25-28-43(46(58)34-40)49-55-50(44-29-26-41(35-47(44)59)68-38(5)53(62)65-32-23-20-17-14-11-8-2)57-51(56-49)45-30-27-42(36-48(45)60)69-39(6)54(63)66-33-24-21-18-15-12-9-3;1-5-9-19-43-26-13-16-29(32(41)23-26)35-38-36(30-17-14-27(24-33(30)42)44-20-10-6-2)40-37(39-35)31-18-15-28(45-21-11-7-3)25-34(31)46-22-12-8-4;;/h25-30,34-39,58-60H,7-24,31-33H2,1-6H3;13-18,23-25,41-42H,5-12,19-22H2,1-4H3;2*1H4. The van der Waals surface area contributed by atoms with Crippen LogP contribution in [0, 0.1) is 0 Å². The van der Waals surface area contributed by atoms with Crippen molar-refractivity contribution in [2.75, 3.05) is 46.2 Å². The molecular weight excluding hydrogens is 1490 g/mol. The number of phenolic OH excluding ortho intramolecular Hbond substituents is 5. The first-order valence-electron chi connectivity index (χ1n) is 41.7. The van der Waals surface area contributed by atoms with E-state index in [0.717, 1.165) is 148 Å². The molecule has 5 N–H and O–H groups in total. The first-order chi connectivity index (χ1) is 55.8. The quantitative estimate of drug-likeness (QED) is 0.0134. The molecule has 0 bridgehead atoms. The summed E-state index contributed by atoms with van der Waals surface area (Å²) in [5, 5.41) is 56.2. The maximum absolute atomic E-state index is 12.7. The number of aromatic hydroxyl groups is 5. The largest absolute Gasteiger partial charge is 0.507 e. The predicted molar refractivity (Wildman–Crippen MR) is 459 cm³/mol. The Labute approximate surface area is 693 Å². The summed E-state index contributed by atoms with van der Waals surface area (Å²) in [5.74, 6) is 1.17. The van der Waals surface area contributed by atoms with Crippen molar-refractivity contribution in [3.63, 3.8) is 0 Å². The van der Waals surface area contributed by atoms with Crippen molar-refractivity contribution in [3.8, 4) is 137 Å². The zero-order valence-corrected chi connectivity index (χ0v) is 69.2. The topological polar surface area (TPSA) is 322 Å². The lowest BCUT2D eigenvalue weighted by Crippen LogP contribution is -2.26. The van der Waals surface area contributed by atoms with Crippen molar-refractivity contribution in [2.45, 2.75) is 269 Å². The Morgan fingerprint density at radius 3 is 0.744 bits per heavy atom. The van der Waals surface area contributed by atoms with Crippen LogP contribution in [0.15, 0.2) is 109 Å². The molecular formula is C93H130N6O18. The van der Waals surface area contributed by atoms with Crippen LogP contribution in [0.5, 0.6) is 69.0 Å². The van der Waals surface area contributed by atoms with Gasteiger partial charge in [0.05, 0.1) is 79.6 Å². The van der Waals surface area contributed by atoms with E-state index in [4.69, 9.17) is 62.3 Å². The number of esters is 3. The van der Waals surface area contributed by atoms with Crippen LogP contribution in [0.25, 0.3) is 68.3 Å². The number of benzene rings is 6. The SMILES string of the molecule is C.C.CCCCCCCCOC(=O)C(C)Oc1ccc(-c2nc(-c3ccc(OC(C)C(=O)OCCCCCCCC)cc3O)nc(-c3ccc(OC(C)C(=O)OCCCCCCCC)cc3O)n2)c(O)c1.CCCCOc1ccc(-c2nc(-c3ccc(OCCCC)cc3O)nc(-c3ccc(OCCCC)cc3OCCCC)n2)c(O)c1. The van der Waals surface area contributed by atoms with E-state index in [0.29, 0.717) is 91.8 Å². The summed E-state index contributed by atoms with van der Waals surface area (Å²) in [4.78, 5) is 66.2. The molecule has 0 fully saturated rings. The molecule has 0 saturated heterocycles. The van der Waals surface area contributed by atoms with E-state index in [1.54, 1.807) is 75.4 Å². The van der Waals surface area contributed by atoms with Crippen LogP contribution in [0.2, 0.25) is 0 Å². The molecule has 3 unspecified atom stereocenters. The Bertz CT molecular complexity index is 3940. The highest BCUT2D eigenvalue weighted by Gasteiger charge is 2.26. The van der Waals surface area contributed by atoms with Crippen LogP contribution in [0.1, 0.15) is 251 Å². The third kappa shape index (κ3) is 32.4. The summed E-state index contributed by atoms with van der Waals surface area (Å²) in [5.41, 5.74) is 1.88. The van der Waals surface area contributed by atoms with Gasteiger partial charge in [-0.15, -0.1) is 0 Å². The molecule has 3 atom stereocenters. The lowest BCUT2D eigenvalue weighted by molar-refractivity contribution is -0.152. The van der Waals surface area contributed by atoms with Gasteiger partial charge in [-0.2, -0.15) is 0 Å². The molecule has 2 heterocycles. The second-order valence-electron chi connectivity index (χ2n) is 28.6. The van der Waals surface area contributed by atoms with Gasteiger partial charge in [-0.05, 0) is 139 Å². The summed E-state index contributed by atoms with van der Waals surface area (Å²) >= 11 is 0. The molecule has 0 amide bonds. The predicted octanol–water partition coefficient (Wildman–Crippen LogP) is 22.3. The molecule has 6 aromatic carbocycles. The van der Waals surface area contributed by atoms with E-state index < -0.39 is 36.2 Å². The molecule has 117 heavy (non-hydrogen) atoms. The number of hydrogen-bond donors (Lipinski definition) is 5. The van der Waals surface area contributed by atoms with Gasteiger partial charge in [0, 0.05) is 36.4 Å². The van der Waals surface area contributed by atoms with E-state index in [2.05, 4.69) is 63.4 Å². The van der Waals surface area contributed by atoms with Gasteiger partial charge in [0.2, 0.25) is 0 Å². The van der Waals surface area contributed by atoms with Crippen LogP contribution < -0.4 is 33.2 Å². The number of carbonyl (C=O) groups is 3. The fourth-order valence-corrected chi connectivity index (χ4v) is 11.9. The Morgan fingerprint density at radius 1 is 0.265 bits per heavy atom. The summed E-state index contributed by atoms with van der Waals surface area (Å²) < 4.78 is 57.5. The van der Waals surface area contributed by atoms with Crippen LogP contribution in [-0.4, -0.2) is 138 Å². The molecule has 640 valence electrons. The number of ether oxygens (including phenoxy) is 10. The van der Waals surface area contributed by atoms with Gasteiger partial charge in [0.1, 0.15) is 69.0 Å². The van der Waals surface area contributed by atoms with Gasteiger partial charge in [0.25, 0.3) is 0 Å². The monoisotopic (exact) mass is 1620 g/mol. The van der Waals surface area contributed by atoms with Gasteiger partial charge in [-0.1, -0.05) is 185 Å². The zero-order valence-electron chi connectivity index (χ0n) is 69.2. The Balaban J connectivity index is 0.000000442.